The molecule has 10 heteroatoms. The number of rotatable bonds is 5. The number of ether oxygens (including phenoxy) is 2. The Balaban J connectivity index is 1.55. The predicted molar refractivity (Wildman–Crippen MR) is 111 cm³/mol. The van der Waals surface area contributed by atoms with E-state index in [0.29, 0.717) is 44.3 Å². The number of nitrogens with zero attached hydrogens (tertiary/aromatic N) is 6. The van der Waals surface area contributed by atoms with Crippen LogP contribution in [0.5, 0.6) is 0 Å². The highest BCUT2D eigenvalue weighted by molar-refractivity contribution is 9.10. The van der Waals surface area contributed by atoms with E-state index in [1.165, 1.54) is 0 Å². The van der Waals surface area contributed by atoms with Crippen molar-refractivity contribution in [3.8, 4) is 0 Å². The minimum Gasteiger partial charge on any atom is -0.378 e. The minimum atomic E-state index is 0.421. The van der Waals surface area contributed by atoms with Crippen LogP contribution in [-0.4, -0.2) is 73.8 Å². The molecule has 0 aliphatic carbocycles. The highest BCUT2D eigenvalue weighted by Gasteiger charge is 2.20. The third-order valence-electron chi connectivity index (χ3n) is 4.43. The summed E-state index contributed by atoms with van der Waals surface area (Å²) in [5.41, 5.74) is 3.92. The fourth-order valence-corrected chi connectivity index (χ4v) is 3.38. The van der Waals surface area contributed by atoms with Gasteiger partial charge in [0.15, 0.2) is 0 Å². The third kappa shape index (κ3) is 4.94. The lowest BCUT2D eigenvalue weighted by atomic mass is 10.2. The van der Waals surface area contributed by atoms with E-state index < -0.39 is 0 Å². The van der Waals surface area contributed by atoms with Crippen LogP contribution in [0.2, 0.25) is 0 Å². The zero-order chi connectivity index (χ0) is 19.2. The van der Waals surface area contributed by atoms with Crippen LogP contribution in [0, 0.1) is 0 Å². The molecule has 2 fully saturated rings. The Labute approximate surface area is 171 Å². The average Bonchev–Trinajstić information content (AvgIpc) is 2.75. The highest BCUT2D eigenvalue weighted by atomic mass is 79.9. The van der Waals surface area contributed by atoms with E-state index >= 15 is 0 Å². The van der Waals surface area contributed by atoms with Gasteiger partial charge in [-0.25, -0.2) is 5.43 Å². The lowest BCUT2D eigenvalue weighted by Gasteiger charge is -2.30. The summed E-state index contributed by atoms with van der Waals surface area (Å²) in [7, 11) is 0. The Morgan fingerprint density at radius 3 is 2.11 bits per heavy atom. The SMILES string of the molecule is Brc1cccc(C=NNc2nc(N3CCOCC3)nc(N3CCOCC3)n2)c1. The zero-order valence-corrected chi connectivity index (χ0v) is 17.0. The molecule has 28 heavy (non-hydrogen) atoms. The molecule has 148 valence electrons. The van der Waals surface area contributed by atoms with E-state index in [4.69, 9.17) is 9.47 Å². The van der Waals surface area contributed by atoms with Crippen LogP contribution >= 0.6 is 15.9 Å². The molecular weight excluding hydrogens is 426 g/mol. The van der Waals surface area contributed by atoms with E-state index in [0.717, 1.165) is 36.2 Å². The molecular formula is C18H22BrN7O2. The second-order valence-electron chi connectivity index (χ2n) is 6.38. The first kappa shape index (κ1) is 19.0. The Morgan fingerprint density at radius 2 is 1.54 bits per heavy atom. The van der Waals surface area contributed by atoms with Crippen molar-refractivity contribution in [1.29, 1.82) is 0 Å². The molecule has 2 aromatic rings. The molecule has 1 N–H and O–H groups in total. The van der Waals surface area contributed by atoms with Gasteiger partial charge in [-0.2, -0.15) is 20.1 Å². The summed E-state index contributed by atoms with van der Waals surface area (Å²) in [5, 5.41) is 4.29. The second kappa shape index (κ2) is 9.26. The molecule has 0 atom stereocenters. The van der Waals surface area contributed by atoms with E-state index in [2.05, 4.69) is 51.2 Å². The van der Waals surface area contributed by atoms with Gasteiger partial charge in [-0.15, -0.1) is 0 Å². The van der Waals surface area contributed by atoms with Gasteiger partial charge in [-0.1, -0.05) is 28.1 Å². The molecule has 0 bridgehead atoms. The first-order valence-electron chi connectivity index (χ1n) is 9.24. The number of hydrazone groups is 1. The van der Waals surface area contributed by atoms with Crippen LogP contribution in [0.3, 0.4) is 0 Å². The van der Waals surface area contributed by atoms with E-state index in [1.807, 2.05) is 24.3 Å². The maximum atomic E-state index is 5.44. The van der Waals surface area contributed by atoms with Gasteiger partial charge in [0.2, 0.25) is 17.8 Å². The van der Waals surface area contributed by atoms with E-state index in [1.54, 1.807) is 6.21 Å². The van der Waals surface area contributed by atoms with E-state index in [9.17, 15) is 0 Å². The van der Waals surface area contributed by atoms with Gasteiger partial charge in [0, 0.05) is 30.7 Å². The smallest absolute Gasteiger partial charge is 0.250 e. The molecule has 0 radical (unpaired) electrons. The number of nitrogens with one attached hydrogen (secondary N) is 1. The fourth-order valence-electron chi connectivity index (χ4n) is 2.96. The number of anilines is 3. The Kier molecular flexibility index (Phi) is 6.30. The van der Waals surface area contributed by atoms with Gasteiger partial charge in [-0.3, -0.25) is 0 Å². The summed E-state index contributed by atoms with van der Waals surface area (Å²) in [5.74, 6) is 1.70. The number of morpholine rings is 2. The van der Waals surface area contributed by atoms with Crippen molar-refractivity contribution < 1.29 is 9.47 Å². The number of benzene rings is 1. The summed E-state index contributed by atoms with van der Waals surface area (Å²) in [6, 6.07) is 7.89. The normalized spacial score (nSPS) is 17.9. The number of aromatic nitrogens is 3. The number of hydrogen-bond donors (Lipinski definition) is 1. The fraction of sp³-hybridized carbons (Fsp3) is 0.444. The number of halogens is 1. The van der Waals surface area contributed by atoms with Crippen LogP contribution < -0.4 is 15.2 Å². The zero-order valence-electron chi connectivity index (χ0n) is 15.4. The largest absolute Gasteiger partial charge is 0.378 e. The molecule has 0 saturated carbocycles. The standard InChI is InChI=1S/C18H22BrN7O2/c19-15-3-1-2-14(12-15)13-20-24-16-21-17(25-4-8-27-9-5-25)23-18(22-16)26-6-10-28-11-7-26/h1-3,12-13H,4-11H2,(H,21,22,23,24). The predicted octanol–water partition coefficient (Wildman–Crippen LogP) is 1.75. The number of hydrogen-bond acceptors (Lipinski definition) is 9. The molecule has 2 aliphatic heterocycles. The third-order valence-corrected chi connectivity index (χ3v) is 4.92. The lowest BCUT2D eigenvalue weighted by molar-refractivity contribution is 0.121. The Bertz CT molecular complexity index is 787. The topological polar surface area (TPSA) is 88.0 Å². The Morgan fingerprint density at radius 1 is 0.929 bits per heavy atom. The summed E-state index contributed by atoms with van der Waals surface area (Å²) in [6.07, 6.45) is 1.73. The minimum absolute atomic E-state index is 0.421. The van der Waals surface area contributed by atoms with Gasteiger partial charge in [0.25, 0.3) is 0 Å². The maximum absolute atomic E-state index is 5.44. The van der Waals surface area contributed by atoms with Gasteiger partial charge in [0.1, 0.15) is 0 Å². The molecule has 9 nitrogen and oxygen atoms in total. The molecule has 2 saturated heterocycles. The summed E-state index contributed by atoms with van der Waals surface area (Å²) < 4.78 is 11.9. The molecule has 0 spiro atoms. The summed E-state index contributed by atoms with van der Waals surface area (Å²) >= 11 is 3.46. The van der Waals surface area contributed by atoms with Crippen molar-refractivity contribution in [2.24, 2.45) is 5.10 Å². The summed E-state index contributed by atoms with van der Waals surface area (Å²) in [6.45, 7) is 5.71. The van der Waals surface area contributed by atoms with Gasteiger partial charge in [-0.05, 0) is 17.7 Å². The van der Waals surface area contributed by atoms with Crippen molar-refractivity contribution in [2.45, 2.75) is 0 Å². The quantitative estimate of drug-likeness (QED) is 0.547. The van der Waals surface area contributed by atoms with E-state index in [-0.39, 0.29) is 0 Å². The van der Waals surface area contributed by atoms with Crippen molar-refractivity contribution in [2.75, 3.05) is 67.8 Å². The monoisotopic (exact) mass is 447 g/mol. The van der Waals surface area contributed by atoms with Crippen molar-refractivity contribution >= 4 is 40.0 Å². The van der Waals surface area contributed by atoms with Crippen LogP contribution in [0.4, 0.5) is 17.8 Å². The molecule has 0 amide bonds. The molecule has 4 rings (SSSR count). The van der Waals surface area contributed by atoms with Crippen LogP contribution in [0.25, 0.3) is 0 Å². The first-order chi connectivity index (χ1) is 13.8. The van der Waals surface area contributed by atoms with Gasteiger partial charge in [0.05, 0.1) is 32.6 Å². The lowest BCUT2D eigenvalue weighted by Crippen LogP contribution is -2.40. The molecule has 1 aromatic heterocycles. The van der Waals surface area contributed by atoms with Crippen molar-refractivity contribution in [3.63, 3.8) is 0 Å². The average molecular weight is 448 g/mol. The summed E-state index contributed by atoms with van der Waals surface area (Å²) in [4.78, 5) is 18.0. The second-order valence-corrected chi connectivity index (χ2v) is 7.30. The van der Waals surface area contributed by atoms with Crippen LogP contribution in [-0.2, 0) is 9.47 Å². The molecule has 3 heterocycles. The van der Waals surface area contributed by atoms with Crippen molar-refractivity contribution in [1.82, 2.24) is 15.0 Å². The maximum Gasteiger partial charge on any atom is 0.250 e. The van der Waals surface area contributed by atoms with Gasteiger partial charge >= 0.3 is 0 Å². The van der Waals surface area contributed by atoms with Crippen LogP contribution in [0.1, 0.15) is 5.56 Å². The Hall–Kier alpha value is -2.30. The molecule has 1 aromatic carbocycles. The first-order valence-corrected chi connectivity index (χ1v) is 10.0. The molecule has 0 unspecified atom stereocenters. The molecule has 2 aliphatic rings. The van der Waals surface area contributed by atoms with Crippen molar-refractivity contribution in [3.05, 3.63) is 34.3 Å². The van der Waals surface area contributed by atoms with Crippen LogP contribution in [0.15, 0.2) is 33.8 Å². The highest BCUT2D eigenvalue weighted by Crippen LogP contribution is 2.19. The van der Waals surface area contributed by atoms with Gasteiger partial charge < -0.3 is 19.3 Å².